The van der Waals surface area contributed by atoms with Gasteiger partial charge < -0.3 is 16.0 Å². The molecule has 0 fully saturated rings. The number of rotatable bonds is 4. The predicted molar refractivity (Wildman–Crippen MR) is 90.8 cm³/mol. The summed E-state index contributed by atoms with van der Waals surface area (Å²) in [7, 11) is 5.92. The monoisotopic (exact) mass is 279 g/mol. The fourth-order valence-corrected chi connectivity index (χ4v) is 3.03. The van der Waals surface area contributed by atoms with Crippen molar-refractivity contribution in [2.24, 2.45) is 0 Å². The Morgan fingerprint density at radius 3 is 2.10 bits per heavy atom. The molecule has 0 amide bonds. The predicted octanol–water partition coefficient (Wildman–Crippen LogP) is 3.30. The van der Waals surface area contributed by atoms with Gasteiger partial charge in [-0.25, -0.2) is 0 Å². The molecule has 2 aromatic rings. The van der Waals surface area contributed by atoms with E-state index < -0.39 is 0 Å². The molecule has 21 heavy (non-hydrogen) atoms. The second-order valence-corrected chi connectivity index (χ2v) is 5.20. The van der Waals surface area contributed by atoms with E-state index in [1.165, 1.54) is 28.0 Å². The third-order valence-corrected chi connectivity index (χ3v) is 4.08. The molecule has 0 radical (unpaired) electrons. The number of allylic oxidation sites excluding steroid dienone is 1. The van der Waals surface area contributed by atoms with Crippen LogP contribution in [0.25, 0.3) is 5.57 Å². The molecule has 3 nitrogen and oxygen atoms in total. The minimum Gasteiger partial charge on any atom is -0.391 e. The zero-order valence-corrected chi connectivity index (χ0v) is 12.7. The molecule has 0 heterocycles. The number of anilines is 2. The van der Waals surface area contributed by atoms with Crippen LogP contribution in [0.2, 0.25) is 0 Å². The zero-order chi connectivity index (χ0) is 14.8. The molecular weight excluding hydrogens is 258 g/mol. The third-order valence-electron chi connectivity index (χ3n) is 4.08. The van der Waals surface area contributed by atoms with Gasteiger partial charge in [-0.05, 0) is 28.8 Å². The summed E-state index contributed by atoms with van der Waals surface area (Å²) in [5.41, 5.74) is 8.80. The van der Waals surface area contributed by atoms with Gasteiger partial charge in [-0.3, -0.25) is 0 Å². The fourth-order valence-electron chi connectivity index (χ4n) is 3.03. The number of hydrogen-bond donors (Lipinski definition) is 3. The van der Waals surface area contributed by atoms with Crippen molar-refractivity contribution in [1.29, 1.82) is 0 Å². The Balaban J connectivity index is 2.18. The molecule has 0 unspecified atom stereocenters. The maximum atomic E-state index is 3.37. The lowest BCUT2D eigenvalue weighted by molar-refractivity contribution is 0.945. The van der Waals surface area contributed by atoms with Crippen LogP contribution in [0.3, 0.4) is 0 Å². The fraction of sp³-hybridized carbons (Fsp3) is 0.222. The maximum absolute atomic E-state index is 3.37. The van der Waals surface area contributed by atoms with Crippen LogP contribution in [0.4, 0.5) is 11.4 Å². The van der Waals surface area contributed by atoms with Crippen LogP contribution < -0.4 is 16.0 Å². The summed E-state index contributed by atoms with van der Waals surface area (Å²) < 4.78 is 0. The summed E-state index contributed by atoms with van der Waals surface area (Å²) >= 11 is 0. The van der Waals surface area contributed by atoms with Gasteiger partial charge in [0.15, 0.2) is 0 Å². The summed E-state index contributed by atoms with van der Waals surface area (Å²) in [5, 5.41) is 9.91. The summed E-state index contributed by atoms with van der Waals surface area (Å²) in [6.07, 6.45) is 0.953. The van der Waals surface area contributed by atoms with Crippen molar-refractivity contribution in [3.8, 4) is 0 Å². The lowest BCUT2D eigenvalue weighted by Gasteiger charge is -2.13. The Hall–Kier alpha value is -2.42. The maximum Gasteiger partial charge on any atom is 0.0579 e. The second kappa shape index (κ2) is 5.52. The standard InChI is InChI=1S/C18H21N3/c1-19-15-9-13-10-17(21-3)18(12-7-5-4-6-8-12)14(13)11-16(15)20-2/h4-9,11,19-21H,10H2,1-3H3. The average molecular weight is 279 g/mol. The first kappa shape index (κ1) is 13.6. The van der Waals surface area contributed by atoms with E-state index in [4.69, 9.17) is 0 Å². The highest BCUT2D eigenvalue weighted by Crippen LogP contribution is 2.40. The summed E-state index contributed by atoms with van der Waals surface area (Å²) in [6, 6.07) is 15.1. The molecule has 2 aromatic carbocycles. The molecule has 0 aliphatic heterocycles. The van der Waals surface area contributed by atoms with Crippen molar-refractivity contribution in [2.75, 3.05) is 31.8 Å². The van der Waals surface area contributed by atoms with E-state index in [1.54, 1.807) is 0 Å². The summed E-state index contributed by atoms with van der Waals surface area (Å²) in [6.45, 7) is 0. The SMILES string of the molecule is CNC1=C(c2ccccc2)c2cc(NC)c(NC)cc2C1. The number of hydrogen-bond acceptors (Lipinski definition) is 3. The molecule has 0 spiro atoms. The molecule has 3 N–H and O–H groups in total. The molecule has 1 aliphatic carbocycles. The largest absolute Gasteiger partial charge is 0.391 e. The van der Waals surface area contributed by atoms with E-state index in [0.717, 1.165) is 17.8 Å². The number of nitrogens with one attached hydrogen (secondary N) is 3. The average Bonchev–Trinajstić information content (AvgIpc) is 2.91. The van der Waals surface area contributed by atoms with Crippen molar-refractivity contribution in [1.82, 2.24) is 5.32 Å². The molecule has 3 heteroatoms. The summed E-state index contributed by atoms with van der Waals surface area (Å²) in [4.78, 5) is 0. The summed E-state index contributed by atoms with van der Waals surface area (Å²) in [5.74, 6) is 0. The normalized spacial score (nSPS) is 13.1. The van der Waals surface area contributed by atoms with Gasteiger partial charge in [0, 0.05) is 38.8 Å². The highest BCUT2D eigenvalue weighted by Gasteiger charge is 2.23. The third kappa shape index (κ3) is 2.25. The zero-order valence-electron chi connectivity index (χ0n) is 12.7. The van der Waals surface area contributed by atoms with Crippen molar-refractivity contribution in [3.63, 3.8) is 0 Å². The van der Waals surface area contributed by atoms with E-state index in [1.807, 2.05) is 21.1 Å². The molecule has 108 valence electrons. The van der Waals surface area contributed by atoms with Crippen LogP contribution in [-0.2, 0) is 6.42 Å². The minimum absolute atomic E-state index is 0.953. The van der Waals surface area contributed by atoms with Crippen LogP contribution in [0.15, 0.2) is 48.2 Å². The van der Waals surface area contributed by atoms with E-state index in [9.17, 15) is 0 Å². The Labute approximate surface area is 126 Å². The highest BCUT2D eigenvalue weighted by atomic mass is 14.9. The Kier molecular flexibility index (Phi) is 3.57. The van der Waals surface area contributed by atoms with Crippen LogP contribution in [0.5, 0.6) is 0 Å². The number of benzene rings is 2. The molecule has 0 bridgehead atoms. The minimum atomic E-state index is 0.953. The van der Waals surface area contributed by atoms with Crippen molar-refractivity contribution in [3.05, 3.63) is 64.9 Å². The molecular formula is C18H21N3. The molecule has 1 aliphatic rings. The van der Waals surface area contributed by atoms with Crippen molar-refractivity contribution >= 4 is 16.9 Å². The van der Waals surface area contributed by atoms with E-state index in [2.05, 4.69) is 58.4 Å². The Bertz CT molecular complexity index is 687. The van der Waals surface area contributed by atoms with E-state index in [-0.39, 0.29) is 0 Å². The van der Waals surface area contributed by atoms with Crippen molar-refractivity contribution < 1.29 is 0 Å². The molecule has 0 saturated carbocycles. The van der Waals surface area contributed by atoms with E-state index >= 15 is 0 Å². The Morgan fingerprint density at radius 2 is 1.48 bits per heavy atom. The van der Waals surface area contributed by atoms with Gasteiger partial charge in [-0.1, -0.05) is 30.3 Å². The Morgan fingerprint density at radius 1 is 0.810 bits per heavy atom. The van der Waals surface area contributed by atoms with Crippen LogP contribution >= 0.6 is 0 Å². The van der Waals surface area contributed by atoms with Gasteiger partial charge in [0.25, 0.3) is 0 Å². The van der Waals surface area contributed by atoms with Crippen LogP contribution in [-0.4, -0.2) is 21.1 Å². The molecule has 0 aromatic heterocycles. The van der Waals surface area contributed by atoms with Gasteiger partial charge in [0.2, 0.25) is 0 Å². The first-order valence-electron chi connectivity index (χ1n) is 7.27. The lowest BCUT2D eigenvalue weighted by atomic mass is 9.97. The topological polar surface area (TPSA) is 36.1 Å². The van der Waals surface area contributed by atoms with Gasteiger partial charge in [-0.15, -0.1) is 0 Å². The quantitative estimate of drug-likeness (QED) is 0.803. The second-order valence-electron chi connectivity index (χ2n) is 5.20. The first-order chi connectivity index (χ1) is 10.3. The van der Waals surface area contributed by atoms with Gasteiger partial charge in [0.1, 0.15) is 0 Å². The van der Waals surface area contributed by atoms with Gasteiger partial charge in [0.05, 0.1) is 11.4 Å². The van der Waals surface area contributed by atoms with Gasteiger partial charge >= 0.3 is 0 Å². The van der Waals surface area contributed by atoms with Crippen LogP contribution in [0.1, 0.15) is 16.7 Å². The first-order valence-corrected chi connectivity index (χ1v) is 7.27. The molecule has 3 rings (SSSR count). The molecule has 0 atom stereocenters. The highest BCUT2D eigenvalue weighted by molar-refractivity contribution is 5.90. The number of fused-ring (bicyclic) bond motifs is 1. The van der Waals surface area contributed by atoms with Crippen molar-refractivity contribution in [2.45, 2.75) is 6.42 Å². The van der Waals surface area contributed by atoms with E-state index in [0.29, 0.717) is 0 Å². The van der Waals surface area contributed by atoms with Crippen LogP contribution in [0, 0.1) is 0 Å². The van der Waals surface area contributed by atoms with Gasteiger partial charge in [-0.2, -0.15) is 0 Å². The molecule has 0 saturated heterocycles. The smallest absolute Gasteiger partial charge is 0.0579 e. The lowest BCUT2D eigenvalue weighted by Crippen LogP contribution is -2.07. The number of likely N-dealkylation sites (N-methyl/N-ethyl adjacent to an activating group) is 1.